The third kappa shape index (κ3) is 5.44. The highest BCUT2D eigenvalue weighted by Gasteiger charge is 1.95. The van der Waals surface area contributed by atoms with E-state index >= 15 is 0 Å². The van der Waals surface area contributed by atoms with Crippen molar-refractivity contribution in [1.82, 2.24) is 0 Å². The molecule has 0 radical (unpaired) electrons. The quantitative estimate of drug-likeness (QED) is 0.347. The van der Waals surface area contributed by atoms with Crippen LogP contribution >= 0.6 is 11.8 Å². The Labute approximate surface area is 94.7 Å². The Morgan fingerprint density at radius 3 is 2.80 bits per heavy atom. The van der Waals surface area contributed by atoms with Gasteiger partial charge in [0.2, 0.25) is 0 Å². The zero-order chi connectivity index (χ0) is 10.9. The van der Waals surface area contributed by atoms with Gasteiger partial charge in [0.05, 0.1) is 18.9 Å². The first-order valence-electron chi connectivity index (χ1n) is 4.78. The van der Waals surface area contributed by atoms with Crippen molar-refractivity contribution >= 4 is 17.6 Å². The number of hydrogen-bond acceptors (Lipinski definition) is 3. The molecule has 1 aromatic carbocycles. The lowest BCUT2D eigenvalue weighted by atomic mass is 10.4. The third-order valence-corrected chi connectivity index (χ3v) is 2.79. The van der Waals surface area contributed by atoms with E-state index in [-0.39, 0.29) is 0 Å². The summed E-state index contributed by atoms with van der Waals surface area (Å²) in [6.07, 6.45) is 0. The number of hydrogen-bond donors (Lipinski definition) is 1. The topological polar surface area (TPSA) is 47.6 Å². The van der Waals surface area contributed by atoms with Gasteiger partial charge in [-0.05, 0) is 12.1 Å². The Morgan fingerprint density at radius 2 is 2.13 bits per heavy atom. The van der Waals surface area contributed by atoms with Crippen LogP contribution in [0.5, 0.6) is 0 Å². The minimum absolute atomic E-state index is 0.622. The number of benzene rings is 1. The molecule has 0 amide bonds. The Kier molecular flexibility index (Phi) is 5.88. The van der Waals surface area contributed by atoms with Gasteiger partial charge in [-0.25, -0.2) is 0 Å². The van der Waals surface area contributed by atoms with Crippen LogP contribution in [-0.4, -0.2) is 31.8 Å². The van der Waals surface area contributed by atoms with Gasteiger partial charge in [0.15, 0.2) is 0 Å². The maximum atomic E-state index is 5.74. The number of nitrogens with two attached hydrogens (primary N) is 1. The van der Waals surface area contributed by atoms with E-state index in [2.05, 4.69) is 17.1 Å². The Morgan fingerprint density at radius 1 is 1.40 bits per heavy atom. The summed E-state index contributed by atoms with van der Waals surface area (Å²) in [5, 5.41) is 0. The van der Waals surface area contributed by atoms with Gasteiger partial charge in [-0.1, -0.05) is 18.2 Å². The molecule has 0 fully saturated rings. The van der Waals surface area contributed by atoms with Crippen LogP contribution in [0.25, 0.3) is 0 Å². The molecule has 0 bridgehead atoms. The molecular weight excluding hydrogens is 208 g/mol. The molecule has 2 N–H and O–H groups in total. The first kappa shape index (κ1) is 12.1. The van der Waals surface area contributed by atoms with E-state index in [0.717, 1.165) is 5.75 Å². The minimum Gasteiger partial charge on any atom is -0.387 e. The van der Waals surface area contributed by atoms with Crippen molar-refractivity contribution in [3.05, 3.63) is 30.3 Å². The van der Waals surface area contributed by atoms with Crippen LogP contribution in [0.15, 0.2) is 40.2 Å². The van der Waals surface area contributed by atoms with Crippen molar-refractivity contribution in [3.8, 4) is 0 Å². The largest absolute Gasteiger partial charge is 0.387 e. The molecule has 1 aromatic rings. The second-order valence-electron chi connectivity index (χ2n) is 2.97. The SMILES string of the molecule is COCCN=C(N)CSc1ccccc1. The number of thioether (sulfide) groups is 1. The van der Waals surface area contributed by atoms with Gasteiger partial charge in [-0.15, -0.1) is 11.8 Å². The molecule has 0 heterocycles. The standard InChI is InChI=1S/C11H16N2OS/c1-14-8-7-13-11(12)9-15-10-5-3-2-4-6-10/h2-6H,7-9H2,1H3,(H2,12,13). The van der Waals surface area contributed by atoms with Crippen LogP contribution in [0, 0.1) is 0 Å². The first-order chi connectivity index (χ1) is 7.33. The Bertz CT molecular complexity index is 301. The van der Waals surface area contributed by atoms with E-state index in [0.29, 0.717) is 19.0 Å². The van der Waals surface area contributed by atoms with E-state index < -0.39 is 0 Å². The number of rotatable bonds is 6. The fourth-order valence-electron chi connectivity index (χ4n) is 1.00. The van der Waals surface area contributed by atoms with E-state index in [1.54, 1.807) is 18.9 Å². The summed E-state index contributed by atoms with van der Waals surface area (Å²) in [7, 11) is 1.66. The molecule has 0 spiro atoms. The fraction of sp³-hybridized carbons (Fsp3) is 0.364. The van der Waals surface area contributed by atoms with E-state index in [1.165, 1.54) is 4.90 Å². The summed E-state index contributed by atoms with van der Waals surface area (Å²) in [6, 6.07) is 10.2. The van der Waals surface area contributed by atoms with E-state index in [9.17, 15) is 0 Å². The van der Waals surface area contributed by atoms with Gasteiger partial charge in [0.1, 0.15) is 5.84 Å². The van der Waals surface area contributed by atoms with E-state index in [1.807, 2.05) is 18.2 Å². The molecule has 1 rings (SSSR count). The Balaban J connectivity index is 2.28. The van der Waals surface area contributed by atoms with E-state index in [4.69, 9.17) is 10.5 Å². The van der Waals surface area contributed by atoms with Crippen molar-refractivity contribution < 1.29 is 4.74 Å². The molecule has 3 nitrogen and oxygen atoms in total. The highest BCUT2D eigenvalue weighted by Crippen LogP contribution is 2.15. The molecule has 0 aromatic heterocycles. The van der Waals surface area contributed by atoms with Crippen molar-refractivity contribution in [2.24, 2.45) is 10.7 Å². The molecule has 4 heteroatoms. The van der Waals surface area contributed by atoms with Gasteiger partial charge >= 0.3 is 0 Å². The van der Waals surface area contributed by atoms with Crippen molar-refractivity contribution in [3.63, 3.8) is 0 Å². The molecule has 0 unspecified atom stereocenters. The summed E-state index contributed by atoms with van der Waals surface area (Å²) in [5.41, 5.74) is 5.74. The second kappa shape index (κ2) is 7.31. The van der Waals surface area contributed by atoms with Crippen LogP contribution < -0.4 is 5.73 Å². The summed E-state index contributed by atoms with van der Waals surface area (Å²) in [5.74, 6) is 1.40. The predicted molar refractivity (Wildman–Crippen MR) is 65.5 cm³/mol. The zero-order valence-corrected chi connectivity index (χ0v) is 9.67. The molecule has 0 saturated heterocycles. The molecule has 0 aliphatic heterocycles. The number of methoxy groups -OCH3 is 1. The third-order valence-electron chi connectivity index (χ3n) is 1.74. The second-order valence-corrected chi connectivity index (χ2v) is 4.02. The number of amidine groups is 1. The number of nitrogens with zero attached hydrogens (tertiary/aromatic N) is 1. The van der Waals surface area contributed by atoms with Crippen LogP contribution in [-0.2, 0) is 4.74 Å². The number of ether oxygens (including phenoxy) is 1. The lowest BCUT2D eigenvalue weighted by molar-refractivity contribution is 0.208. The van der Waals surface area contributed by atoms with Gasteiger partial charge in [0, 0.05) is 12.0 Å². The first-order valence-corrected chi connectivity index (χ1v) is 5.77. The average molecular weight is 224 g/mol. The minimum atomic E-state index is 0.622. The van der Waals surface area contributed by atoms with Gasteiger partial charge in [0.25, 0.3) is 0 Å². The summed E-state index contributed by atoms with van der Waals surface area (Å²) in [4.78, 5) is 5.39. The maximum Gasteiger partial charge on any atom is 0.104 e. The monoisotopic (exact) mass is 224 g/mol. The normalized spacial score (nSPS) is 11.7. The van der Waals surface area contributed by atoms with Gasteiger partial charge < -0.3 is 10.5 Å². The maximum absolute atomic E-state index is 5.74. The summed E-state index contributed by atoms with van der Waals surface area (Å²) >= 11 is 1.69. The molecule has 82 valence electrons. The predicted octanol–water partition coefficient (Wildman–Crippen LogP) is 1.78. The molecule has 0 aliphatic carbocycles. The van der Waals surface area contributed by atoms with Crippen molar-refractivity contribution in [2.45, 2.75) is 4.90 Å². The summed E-state index contributed by atoms with van der Waals surface area (Å²) in [6.45, 7) is 1.26. The highest BCUT2D eigenvalue weighted by atomic mass is 32.2. The molecule has 15 heavy (non-hydrogen) atoms. The van der Waals surface area contributed by atoms with Crippen LogP contribution in [0.4, 0.5) is 0 Å². The molecular formula is C11H16N2OS. The lowest BCUT2D eigenvalue weighted by Crippen LogP contribution is -2.16. The molecule has 0 saturated carbocycles. The van der Waals surface area contributed by atoms with Crippen LogP contribution in [0.2, 0.25) is 0 Å². The highest BCUT2D eigenvalue weighted by molar-refractivity contribution is 8.00. The fourth-order valence-corrected chi connectivity index (χ4v) is 1.76. The van der Waals surface area contributed by atoms with Crippen LogP contribution in [0.3, 0.4) is 0 Å². The summed E-state index contributed by atoms with van der Waals surface area (Å²) < 4.78 is 4.89. The Hall–Kier alpha value is -1.00. The average Bonchev–Trinajstić information content (AvgIpc) is 2.28. The lowest BCUT2D eigenvalue weighted by Gasteiger charge is -2.01. The van der Waals surface area contributed by atoms with Gasteiger partial charge in [-0.3, -0.25) is 4.99 Å². The smallest absolute Gasteiger partial charge is 0.104 e. The molecule has 0 atom stereocenters. The van der Waals surface area contributed by atoms with Crippen molar-refractivity contribution in [1.29, 1.82) is 0 Å². The molecule has 0 aliphatic rings. The van der Waals surface area contributed by atoms with Crippen LogP contribution in [0.1, 0.15) is 0 Å². The number of aliphatic imine (C=N–C) groups is 1. The zero-order valence-electron chi connectivity index (χ0n) is 8.85. The van der Waals surface area contributed by atoms with Crippen molar-refractivity contribution in [2.75, 3.05) is 26.0 Å². The van der Waals surface area contributed by atoms with Gasteiger partial charge in [-0.2, -0.15) is 0 Å².